The van der Waals surface area contributed by atoms with E-state index in [-0.39, 0.29) is 10.6 Å². The third-order valence-electron chi connectivity index (χ3n) is 4.71. The fourth-order valence-corrected chi connectivity index (χ4v) is 3.63. The summed E-state index contributed by atoms with van der Waals surface area (Å²) in [6.07, 6.45) is 4.37. The second kappa shape index (κ2) is 9.24. The molecule has 6 nitrogen and oxygen atoms in total. The Morgan fingerprint density at radius 2 is 1.81 bits per heavy atom. The van der Waals surface area contributed by atoms with Crippen molar-refractivity contribution in [1.82, 2.24) is 4.98 Å². The Morgan fingerprint density at radius 1 is 1.09 bits per heavy atom. The van der Waals surface area contributed by atoms with Crippen molar-refractivity contribution in [3.63, 3.8) is 0 Å². The average Bonchev–Trinajstić information content (AvgIpc) is 2.73. The molecule has 0 aliphatic rings. The first-order chi connectivity index (χ1) is 14.9. The smallest absolute Gasteiger partial charge is 0.175 e. The van der Waals surface area contributed by atoms with E-state index in [2.05, 4.69) is 9.98 Å². The normalized spacial score (nSPS) is 13.3. The van der Waals surface area contributed by atoms with Gasteiger partial charge in [0.05, 0.1) is 32.6 Å². The predicted octanol–water partition coefficient (Wildman–Crippen LogP) is 4.54. The first-order valence-electron chi connectivity index (χ1n) is 9.75. The van der Waals surface area contributed by atoms with E-state index in [4.69, 9.17) is 17.3 Å². The zero-order valence-electron chi connectivity index (χ0n) is 17.9. The minimum atomic E-state index is -3.32. The number of aromatic nitrogens is 1. The van der Waals surface area contributed by atoms with E-state index in [0.29, 0.717) is 22.1 Å². The molecule has 0 amide bonds. The lowest BCUT2D eigenvalue weighted by molar-refractivity contribution is 0.118. The summed E-state index contributed by atoms with van der Waals surface area (Å²) in [5.41, 5.74) is 7.99. The monoisotopic (exact) mass is 469 g/mol. The maximum absolute atomic E-state index is 11.9. The number of aliphatic imine (C=N–C) groups is 1. The molecule has 3 rings (SSSR count). The van der Waals surface area contributed by atoms with Crippen molar-refractivity contribution in [1.29, 1.82) is 0 Å². The number of sulfone groups is 1. The van der Waals surface area contributed by atoms with Crippen molar-refractivity contribution in [3.05, 3.63) is 89.4 Å². The van der Waals surface area contributed by atoms with Crippen molar-refractivity contribution >= 4 is 32.8 Å². The zero-order chi connectivity index (χ0) is 23.5. The lowest BCUT2D eigenvalue weighted by atomic mass is 10.0. The maximum Gasteiger partial charge on any atom is 0.175 e. The van der Waals surface area contributed by atoms with Gasteiger partial charge in [-0.1, -0.05) is 41.9 Å². The second-order valence-corrected chi connectivity index (χ2v) is 10.3. The predicted molar refractivity (Wildman–Crippen MR) is 129 cm³/mol. The molecule has 0 spiro atoms. The number of hydrogen-bond donors (Lipinski definition) is 2. The van der Waals surface area contributed by atoms with E-state index in [1.165, 1.54) is 6.26 Å². The van der Waals surface area contributed by atoms with Gasteiger partial charge in [0, 0.05) is 23.7 Å². The number of benzene rings is 2. The molecule has 0 atom stereocenters. The third kappa shape index (κ3) is 5.82. The van der Waals surface area contributed by atoms with Crippen molar-refractivity contribution in [3.8, 4) is 11.1 Å². The molecule has 1 aromatic heterocycles. The molecule has 0 radical (unpaired) electrons. The van der Waals surface area contributed by atoms with Crippen molar-refractivity contribution in [2.45, 2.75) is 24.3 Å². The van der Waals surface area contributed by atoms with Crippen LogP contribution >= 0.6 is 11.6 Å². The minimum Gasteiger partial charge on any atom is -0.400 e. The molecule has 0 fully saturated rings. The zero-order valence-corrected chi connectivity index (χ0v) is 19.5. The molecule has 8 heteroatoms. The SMILES string of the molecule is CC(C)(O)/C(N)=C/C(=Nc1ccccc1Cl)c1ccc(-c2cccc(S(C)(=O)=O)c2)cn1. The number of pyridine rings is 1. The molecule has 3 N–H and O–H groups in total. The van der Waals surface area contributed by atoms with Gasteiger partial charge in [-0.15, -0.1) is 0 Å². The third-order valence-corrected chi connectivity index (χ3v) is 6.14. The van der Waals surface area contributed by atoms with E-state index in [1.807, 2.05) is 18.2 Å². The van der Waals surface area contributed by atoms with Gasteiger partial charge in [0.2, 0.25) is 0 Å². The standard InChI is InChI=1S/C24H24ClN3O3S/c1-24(2,29)23(26)14-22(28-20-10-5-4-9-19(20)25)21-12-11-17(15-27-21)16-7-6-8-18(13-16)32(3,30)31/h4-15,29H,26H2,1-3H3/b23-14-,28-22?. The summed E-state index contributed by atoms with van der Waals surface area (Å²) >= 11 is 6.26. The van der Waals surface area contributed by atoms with Crippen LogP contribution in [0.2, 0.25) is 5.02 Å². The number of aliphatic hydroxyl groups is 1. The average molecular weight is 470 g/mol. The molecule has 3 aromatic rings. The van der Waals surface area contributed by atoms with Gasteiger partial charge in [-0.2, -0.15) is 0 Å². The van der Waals surface area contributed by atoms with E-state index in [9.17, 15) is 13.5 Å². The number of nitrogens with two attached hydrogens (primary N) is 1. The van der Waals surface area contributed by atoms with Crippen LogP contribution in [0, 0.1) is 0 Å². The first kappa shape index (κ1) is 23.7. The Kier molecular flexibility index (Phi) is 6.83. The Labute approximate surface area is 193 Å². The number of allylic oxidation sites excluding steroid dienone is 1. The fraction of sp³-hybridized carbons (Fsp3) is 0.167. The summed E-state index contributed by atoms with van der Waals surface area (Å²) in [7, 11) is -3.32. The van der Waals surface area contributed by atoms with E-state index >= 15 is 0 Å². The highest BCUT2D eigenvalue weighted by molar-refractivity contribution is 7.90. The maximum atomic E-state index is 11.9. The Morgan fingerprint density at radius 3 is 2.41 bits per heavy atom. The van der Waals surface area contributed by atoms with Gasteiger partial charge in [0.15, 0.2) is 9.84 Å². The van der Waals surface area contributed by atoms with Crippen molar-refractivity contribution in [2.24, 2.45) is 10.7 Å². The van der Waals surface area contributed by atoms with Crippen LogP contribution in [-0.2, 0) is 9.84 Å². The lowest BCUT2D eigenvalue weighted by Crippen LogP contribution is -2.28. The van der Waals surface area contributed by atoms with Gasteiger partial charge >= 0.3 is 0 Å². The molecule has 0 bridgehead atoms. The molecule has 32 heavy (non-hydrogen) atoms. The van der Waals surface area contributed by atoms with Crippen LogP contribution in [0.25, 0.3) is 11.1 Å². The molecule has 0 saturated carbocycles. The number of hydrogen-bond acceptors (Lipinski definition) is 6. The van der Waals surface area contributed by atoms with Gasteiger partial charge in [-0.3, -0.25) is 4.98 Å². The van der Waals surface area contributed by atoms with Crippen LogP contribution in [0.5, 0.6) is 0 Å². The van der Waals surface area contributed by atoms with Crippen LogP contribution in [0.1, 0.15) is 19.5 Å². The first-order valence-corrected chi connectivity index (χ1v) is 12.0. The number of nitrogens with zero attached hydrogens (tertiary/aromatic N) is 2. The summed E-state index contributed by atoms with van der Waals surface area (Å²) < 4.78 is 23.7. The molecular formula is C24H24ClN3O3S. The van der Waals surface area contributed by atoms with Crippen LogP contribution in [0.4, 0.5) is 5.69 Å². The van der Waals surface area contributed by atoms with Crippen LogP contribution in [-0.4, -0.2) is 36.1 Å². The van der Waals surface area contributed by atoms with E-state index in [0.717, 1.165) is 11.1 Å². The lowest BCUT2D eigenvalue weighted by Gasteiger charge is -2.18. The molecule has 0 unspecified atom stereocenters. The number of rotatable bonds is 6. The minimum absolute atomic E-state index is 0.218. The largest absolute Gasteiger partial charge is 0.400 e. The Bertz CT molecular complexity index is 1290. The molecule has 1 heterocycles. The summed E-state index contributed by atoms with van der Waals surface area (Å²) in [5, 5.41) is 10.7. The highest BCUT2D eigenvalue weighted by atomic mass is 35.5. The van der Waals surface area contributed by atoms with Crippen LogP contribution in [0.15, 0.2) is 88.5 Å². The topological polar surface area (TPSA) is 106 Å². The van der Waals surface area contributed by atoms with Crippen molar-refractivity contribution < 1.29 is 13.5 Å². The molecule has 0 saturated heterocycles. The Balaban J connectivity index is 2.06. The van der Waals surface area contributed by atoms with Gasteiger partial charge in [0.25, 0.3) is 0 Å². The van der Waals surface area contributed by atoms with Crippen LogP contribution < -0.4 is 5.73 Å². The van der Waals surface area contributed by atoms with E-state index < -0.39 is 15.4 Å². The molecule has 166 valence electrons. The molecule has 2 aromatic carbocycles. The fourth-order valence-electron chi connectivity index (χ4n) is 2.78. The Hall–Kier alpha value is -3.00. The van der Waals surface area contributed by atoms with Gasteiger partial charge in [0.1, 0.15) is 0 Å². The molecule has 0 aliphatic carbocycles. The highest BCUT2D eigenvalue weighted by Crippen LogP contribution is 2.26. The molecular weight excluding hydrogens is 446 g/mol. The quantitative estimate of drug-likeness (QED) is 0.515. The van der Waals surface area contributed by atoms with Gasteiger partial charge < -0.3 is 10.8 Å². The van der Waals surface area contributed by atoms with Gasteiger partial charge in [-0.05, 0) is 55.8 Å². The van der Waals surface area contributed by atoms with Crippen LogP contribution in [0.3, 0.4) is 0 Å². The summed E-state index contributed by atoms with van der Waals surface area (Å²) in [6, 6.07) is 17.4. The van der Waals surface area contributed by atoms with Crippen molar-refractivity contribution in [2.75, 3.05) is 6.26 Å². The summed E-state index contributed by atoms with van der Waals surface area (Å²) in [6.45, 7) is 3.16. The summed E-state index contributed by atoms with van der Waals surface area (Å²) in [4.78, 5) is 9.35. The number of para-hydroxylation sites is 1. The van der Waals surface area contributed by atoms with E-state index in [1.54, 1.807) is 68.6 Å². The number of halogens is 1. The summed E-state index contributed by atoms with van der Waals surface area (Å²) in [5.74, 6) is 0. The molecule has 0 aliphatic heterocycles. The second-order valence-electron chi connectivity index (χ2n) is 7.84. The highest BCUT2D eigenvalue weighted by Gasteiger charge is 2.18. The van der Waals surface area contributed by atoms with Gasteiger partial charge in [-0.25, -0.2) is 13.4 Å².